The molecule has 0 aliphatic rings. The van der Waals surface area contributed by atoms with E-state index in [0.29, 0.717) is 17.4 Å². The fourth-order valence-electron chi connectivity index (χ4n) is 3.33. The second-order valence-corrected chi connectivity index (χ2v) is 9.31. The molecular weight excluding hydrogens is 518 g/mol. The first-order valence-corrected chi connectivity index (χ1v) is 13.3. The number of hydrogen-bond donors (Lipinski definition) is 2. The number of carbonyl (C=O) groups excluding carboxylic acids is 2. The highest BCUT2D eigenvalue weighted by atomic mass is 32.1. The number of benzene rings is 1. The molecule has 0 spiro atoms. The maximum Gasteiger partial charge on any atom is 0.306 e. The van der Waals surface area contributed by atoms with Gasteiger partial charge in [-0.3, -0.25) is 19.4 Å². The van der Waals surface area contributed by atoms with Crippen molar-refractivity contribution in [3.05, 3.63) is 54.7 Å². The van der Waals surface area contributed by atoms with E-state index in [0.717, 1.165) is 39.0 Å². The Morgan fingerprint density at radius 2 is 1.77 bits per heavy atom. The summed E-state index contributed by atoms with van der Waals surface area (Å²) >= 11 is 1.40. The van der Waals surface area contributed by atoms with E-state index in [2.05, 4.69) is 39.1 Å². The molecule has 4 rings (SSSR count). The van der Waals surface area contributed by atoms with Crippen LogP contribution in [0.15, 0.2) is 48.9 Å². The van der Waals surface area contributed by atoms with E-state index in [1.807, 2.05) is 37.3 Å². The molecule has 0 radical (unpaired) electrons. The van der Waals surface area contributed by atoms with Gasteiger partial charge in [0.05, 0.1) is 15.9 Å². The summed E-state index contributed by atoms with van der Waals surface area (Å²) in [7, 11) is 0. The van der Waals surface area contributed by atoms with Gasteiger partial charge in [-0.2, -0.15) is 0 Å². The van der Waals surface area contributed by atoms with Crippen LogP contribution in [0, 0.1) is 0 Å². The highest BCUT2D eigenvalue weighted by Gasteiger charge is 2.17. The highest BCUT2D eigenvalue weighted by molar-refractivity contribution is 7.22. The maximum absolute atomic E-state index is 11.8. The SMILES string of the molecule is CCC.CCCC(=O)OC(C)c1ncc(-c2cc(-c3ccccn3)c3sc(NC(C)=O)nc3c2)cn1.O=CO. The molecule has 3 aromatic heterocycles. The number of hydrogen-bond acceptors (Lipinski definition) is 9. The number of esters is 1. The molecule has 0 aliphatic carbocycles. The number of carbonyl (C=O) groups is 3. The minimum atomic E-state index is -0.525. The number of fused-ring (bicyclic) bond motifs is 1. The molecule has 1 amide bonds. The zero-order valence-corrected chi connectivity index (χ0v) is 23.5. The predicted octanol–water partition coefficient (Wildman–Crippen LogP) is 6.30. The molecule has 39 heavy (non-hydrogen) atoms. The van der Waals surface area contributed by atoms with Gasteiger partial charge < -0.3 is 15.2 Å². The molecule has 0 saturated carbocycles. The largest absolute Gasteiger partial charge is 0.483 e. The van der Waals surface area contributed by atoms with E-state index in [-0.39, 0.29) is 18.3 Å². The van der Waals surface area contributed by atoms with Crippen LogP contribution in [0.2, 0.25) is 0 Å². The molecule has 10 nitrogen and oxygen atoms in total. The number of ether oxygens (including phenoxy) is 1. The average molecular weight is 552 g/mol. The predicted molar refractivity (Wildman–Crippen MR) is 152 cm³/mol. The maximum atomic E-state index is 11.8. The summed E-state index contributed by atoms with van der Waals surface area (Å²) in [5.74, 6) is 0.00360. The smallest absolute Gasteiger partial charge is 0.306 e. The number of pyridine rings is 1. The van der Waals surface area contributed by atoms with Crippen molar-refractivity contribution >= 4 is 45.0 Å². The van der Waals surface area contributed by atoms with E-state index in [9.17, 15) is 9.59 Å². The van der Waals surface area contributed by atoms with Gasteiger partial charge in [-0.25, -0.2) is 15.0 Å². The van der Waals surface area contributed by atoms with Gasteiger partial charge in [0.1, 0.15) is 0 Å². The van der Waals surface area contributed by atoms with Crippen LogP contribution in [0.3, 0.4) is 0 Å². The molecule has 4 aromatic rings. The summed E-state index contributed by atoms with van der Waals surface area (Å²) < 4.78 is 6.30. The summed E-state index contributed by atoms with van der Waals surface area (Å²) in [4.78, 5) is 49.6. The summed E-state index contributed by atoms with van der Waals surface area (Å²) in [6, 6.07) is 9.68. The average Bonchev–Trinajstić information content (AvgIpc) is 3.31. The van der Waals surface area contributed by atoms with Crippen molar-refractivity contribution in [3.8, 4) is 22.4 Å². The van der Waals surface area contributed by atoms with Crippen LogP contribution in [0.5, 0.6) is 0 Å². The fourth-order valence-corrected chi connectivity index (χ4v) is 4.34. The number of rotatable bonds is 7. The molecule has 0 saturated heterocycles. The van der Waals surface area contributed by atoms with Gasteiger partial charge in [0.2, 0.25) is 5.91 Å². The van der Waals surface area contributed by atoms with E-state index in [1.165, 1.54) is 24.7 Å². The quantitative estimate of drug-likeness (QED) is 0.200. The van der Waals surface area contributed by atoms with Gasteiger partial charge in [-0.1, -0.05) is 44.6 Å². The van der Waals surface area contributed by atoms with Gasteiger partial charge in [0.15, 0.2) is 17.1 Å². The topological polar surface area (TPSA) is 144 Å². The van der Waals surface area contributed by atoms with Crippen molar-refractivity contribution in [2.45, 2.75) is 60.0 Å². The normalized spacial score (nSPS) is 10.8. The van der Waals surface area contributed by atoms with Gasteiger partial charge in [0, 0.05) is 43.1 Å². The molecular formula is C28H33N5O5S. The number of nitrogens with zero attached hydrogens (tertiary/aromatic N) is 4. The molecule has 206 valence electrons. The molecule has 1 unspecified atom stereocenters. The van der Waals surface area contributed by atoms with Gasteiger partial charge in [-0.05, 0) is 43.2 Å². The summed E-state index contributed by atoms with van der Waals surface area (Å²) in [6.07, 6.45) is 6.97. The van der Waals surface area contributed by atoms with Crippen LogP contribution in [0.1, 0.15) is 65.8 Å². The van der Waals surface area contributed by atoms with Crippen molar-refractivity contribution < 1.29 is 24.2 Å². The Kier molecular flexibility index (Phi) is 12.6. The highest BCUT2D eigenvalue weighted by Crippen LogP contribution is 2.38. The first-order valence-electron chi connectivity index (χ1n) is 12.5. The number of amides is 1. The zero-order chi connectivity index (χ0) is 28.8. The Balaban J connectivity index is 0.000000815. The van der Waals surface area contributed by atoms with Crippen molar-refractivity contribution in [3.63, 3.8) is 0 Å². The molecule has 0 fully saturated rings. The van der Waals surface area contributed by atoms with E-state index in [4.69, 9.17) is 14.6 Å². The van der Waals surface area contributed by atoms with Crippen LogP contribution in [0.25, 0.3) is 32.6 Å². The Morgan fingerprint density at radius 1 is 1.10 bits per heavy atom. The van der Waals surface area contributed by atoms with Gasteiger partial charge in [-0.15, -0.1) is 0 Å². The molecule has 1 atom stereocenters. The van der Waals surface area contributed by atoms with Crippen molar-refractivity contribution in [2.24, 2.45) is 0 Å². The fraction of sp³-hybridized carbons (Fsp3) is 0.321. The summed E-state index contributed by atoms with van der Waals surface area (Å²) in [5.41, 5.74) is 4.11. The van der Waals surface area contributed by atoms with Crippen LogP contribution < -0.4 is 5.32 Å². The van der Waals surface area contributed by atoms with Crippen molar-refractivity contribution in [2.75, 3.05) is 5.32 Å². The Hall–Kier alpha value is -4.25. The molecule has 2 N–H and O–H groups in total. The van der Waals surface area contributed by atoms with E-state index in [1.54, 1.807) is 25.5 Å². The number of carboxylic acid groups (broad SMARTS) is 1. The lowest BCUT2D eigenvalue weighted by molar-refractivity contribution is -0.149. The minimum absolute atomic E-state index is 0.175. The first-order chi connectivity index (χ1) is 18.8. The van der Waals surface area contributed by atoms with Crippen molar-refractivity contribution in [1.82, 2.24) is 19.9 Å². The van der Waals surface area contributed by atoms with E-state index >= 15 is 0 Å². The Bertz CT molecular complexity index is 1360. The van der Waals surface area contributed by atoms with Gasteiger partial charge in [0.25, 0.3) is 6.47 Å². The Labute approximate surface area is 231 Å². The van der Waals surface area contributed by atoms with Crippen molar-refractivity contribution in [1.29, 1.82) is 0 Å². The van der Waals surface area contributed by atoms with Crippen LogP contribution in [-0.2, 0) is 19.1 Å². The summed E-state index contributed by atoms with van der Waals surface area (Å²) in [5, 5.41) is 10.2. The minimum Gasteiger partial charge on any atom is -0.483 e. The molecule has 0 aliphatic heterocycles. The summed E-state index contributed by atoms with van der Waals surface area (Å²) in [6.45, 7) is 9.14. The second-order valence-electron chi connectivity index (χ2n) is 8.31. The standard InChI is InChI=1S/C24H23N5O3S.C3H8.CH2O2/c1-4-7-21(31)32-14(2)23-26-12-17(13-27-23)16-10-18(19-8-5-6-9-25-19)22-20(11-16)29-24(33-22)28-15(3)30;1-3-2;2-1-3/h5-6,8-14H,4,7H2,1-3H3,(H,28,29,30);3H2,1-2H3;1H,(H,2,3). The Morgan fingerprint density at radius 3 is 2.33 bits per heavy atom. The third-order valence-electron chi connectivity index (χ3n) is 4.84. The zero-order valence-electron chi connectivity index (χ0n) is 22.7. The lowest BCUT2D eigenvalue weighted by Gasteiger charge is -2.12. The lowest BCUT2D eigenvalue weighted by atomic mass is 10.0. The molecule has 3 heterocycles. The second kappa shape index (κ2) is 15.9. The van der Waals surface area contributed by atoms with Crippen LogP contribution in [0.4, 0.5) is 5.13 Å². The van der Waals surface area contributed by atoms with E-state index < -0.39 is 6.10 Å². The van der Waals surface area contributed by atoms with Gasteiger partial charge >= 0.3 is 5.97 Å². The lowest BCUT2D eigenvalue weighted by Crippen LogP contribution is -2.11. The van der Waals surface area contributed by atoms with Crippen LogP contribution >= 0.6 is 11.3 Å². The third kappa shape index (κ3) is 9.22. The molecule has 1 aromatic carbocycles. The molecule has 11 heteroatoms. The third-order valence-corrected chi connectivity index (χ3v) is 5.86. The molecule has 0 bridgehead atoms. The number of aromatic nitrogens is 4. The number of thiazole rings is 1. The monoisotopic (exact) mass is 551 g/mol. The number of anilines is 1. The number of nitrogens with one attached hydrogen (secondary N) is 1. The first kappa shape index (κ1) is 31.0. The van der Waals surface area contributed by atoms with Crippen LogP contribution in [-0.4, -0.2) is 43.4 Å².